The van der Waals surface area contributed by atoms with Crippen molar-refractivity contribution in [2.24, 2.45) is 28.7 Å². The molecule has 6 rings (SSSR count). The van der Waals surface area contributed by atoms with Crippen LogP contribution >= 0.6 is 0 Å². The fourth-order valence-corrected chi connectivity index (χ4v) is 8.74. The van der Waals surface area contributed by atoms with Gasteiger partial charge in [0, 0.05) is 19.6 Å². The number of nitrogens with zero attached hydrogens (tertiary/aromatic N) is 3. The smallest absolute Gasteiger partial charge is 0.413 e. The first kappa shape index (κ1) is 39.5. The lowest BCUT2D eigenvalue weighted by Crippen LogP contribution is -2.69. The Balaban J connectivity index is 1.07. The standard InChI is InChI=1S/C41H59N5O8/c47-36-34(35(37(48)52-26-29-13-4-1-5-14-29)46(36)41(51)45-24-22-32-19-10-11-20-33(32)25-45)21-12-23-42-38(43-39(49)53-27-30-15-6-2-7-16-30)44-40(50)54-28-31-17-8-3-9-18-31/h10-11,19-20,29-31,34-35H,1-9,12-18,21-28H2,(H2,42,43,44,49,50)/t34-,35?/m1/s1. The first-order chi connectivity index (χ1) is 26.4. The van der Waals surface area contributed by atoms with E-state index in [0.717, 1.165) is 87.5 Å². The average molecular weight is 750 g/mol. The topological polar surface area (TPSA) is 156 Å². The third-order valence-corrected chi connectivity index (χ3v) is 12.0. The van der Waals surface area contributed by atoms with Crippen LogP contribution in [-0.4, -0.2) is 84.8 Å². The molecule has 5 aliphatic rings. The predicted octanol–water partition coefficient (Wildman–Crippen LogP) is 6.86. The molecule has 1 unspecified atom stereocenters. The molecule has 3 saturated carbocycles. The Labute approximate surface area is 319 Å². The summed E-state index contributed by atoms with van der Waals surface area (Å²) in [4.78, 5) is 73.7. The van der Waals surface area contributed by atoms with Crippen molar-refractivity contribution in [1.29, 1.82) is 0 Å². The highest BCUT2D eigenvalue weighted by molar-refractivity contribution is 6.08. The van der Waals surface area contributed by atoms with Crippen LogP contribution < -0.4 is 10.6 Å². The van der Waals surface area contributed by atoms with E-state index < -0.39 is 42.1 Å². The molecule has 4 fully saturated rings. The molecule has 2 atom stereocenters. The van der Waals surface area contributed by atoms with Crippen LogP contribution in [-0.2, 0) is 36.8 Å². The molecular weight excluding hydrogens is 690 g/mol. The molecule has 13 nitrogen and oxygen atoms in total. The normalized spacial score (nSPS) is 22.3. The van der Waals surface area contributed by atoms with Crippen molar-refractivity contribution >= 4 is 36.1 Å². The van der Waals surface area contributed by atoms with Gasteiger partial charge >= 0.3 is 24.2 Å². The lowest BCUT2D eigenvalue weighted by atomic mass is 9.83. The summed E-state index contributed by atoms with van der Waals surface area (Å²) in [7, 11) is 0. The van der Waals surface area contributed by atoms with Gasteiger partial charge in [0.05, 0.1) is 25.7 Å². The van der Waals surface area contributed by atoms with Gasteiger partial charge in [-0.25, -0.2) is 24.1 Å². The minimum absolute atomic E-state index is 0.0946. The summed E-state index contributed by atoms with van der Waals surface area (Å²) in [6, 6.07) is 6.45. The molecule has 2 aliphatic heterocycles. The number of ether oxygens (including phenoxy) is 3. The first-order valence-electron chi connectivity index (χ1n) is 20.6. The van der Waals surface area contributed by atoms with Crippen LogP contribution in [0.4, 0.5) is 14.4 Å². The predicted molar refractivity (Wildman–Crippen MR) is 201 cm³/mol. The SMILES string of the molecule is O=C(NC(=NCCC[C@H]1C(=O)N(C(=O)N2CCc3ccccc3C2)C1C(=O)OCC1CCCCC1)NC(=O)OCC1CCCCC1)OCC1CCCCC1. The Morgan fingerprint density at radius 3 is 1.78 bits per heavy atom. The largest absolute Gasteiger partial charge is 0.464 e. The second kappa shape index (κ2) is 20.0. The summed E-state index contributed by atoms with van der Waals surface area (Å²) in [6.07, 6.45) is 16.2. The minimum Gasteiger partial charge on any atom is -0.464 e. The van der Waals surface area contributed by atoms with Crippen LogP contribution in [0.25, 0.3) is 0 Å². The number of aliphatic imine (C=N–C) groups is 1. The van der Waals surface area contributed by atoms with Crippen molar-refractivity contribution in [2.75, 3.05) is 32.9 Å². The quantitative estimate of drug-likeness (QED) is 0.0621. The van der Waals surface area contributed by atoms with Gasteiger partial charge in [0.15, 0.2) is 6.04 Å². The summed E-state index contributed by atoms with van der Waals surface area (Å²) in [5.74, 6) is -0.874. The molecule has 1 aromatic carbocycles. The molecule has 0 radical (unpaired) electrons. The third-order valence-electron chi connectivity index (χ3n) is 12.0. The molecule has 2 N–H and O–H groups in total. The zero-order valence-corrected chi connectivity index (χ0v) is 31.8. The highest BCUT2D eigenvalue weighted by Gasteiger charge is 2.56. The van der Waals surface area contributed by atoms with E-state index in [0.29, 0.717) is 51.0 Å². The molecule has 3 aliphatic carbocycles. The van der Waals surface area contributed by atoms with Crippen molar-refractivity contribution < 1.29 is 38.2 Å². The summed E-state index contributed by atoms with van der Waals surface area (Å²) in [5.41, 5.74) is 2.21. The highest BCUT2D eigenvalue weighted by atomic mass is 16.6. The number of carbonyl (C=O) groups excluding carboxylic acids is 5. The Hall–Kier alpha value is -4.16. The number of urea groups is 1. The van der Waals surface area contributed by atoms with Gasteiger partial charge in [-0.1, -0.05) is 82.1 Å². The second-order valence-corrected chi connectivity index (χ2v) is 15.9. The van der Waals surface area contributed by atoms with Gasteiger partial charge in [0.2, 0.25) is 11.9 Å². The molecule has 1 aromatic rings. The number of hydrogen-bond acceptors (Lipinski definition) is 9. The molecule has 54 heavy (non-hydrogen) atoms. The van der Waals surface area contributed by atoms with Gasteiger partial charge in [-0.05, 0) is 86.7 Å². The average Bonchev–Trinajstić information content (AvgIpc) is 3.21. The maximum atomic E-state index is 13.8. The number of carbonyl (C=O) groups is 5. The number of rotatable bonds is 11. The number of alkyl carbamates (subject to hydrolysis) is 2. The van der Waals surface area contributed by atoms with E-state index in [4.69, 9.17) is 14.2 Å². The van der Waals surface area contributed by atoms with E-state index in [1.807, 2.05) is 24.3 Å². The summed E-state index contributed by atoms with van der Waals surface area (Å²) < 4.78 is 16.8. The Bertz CT molecular complexity index is 1450. The fraction of sp³-hybridized carbons (Fsp3) is 0.707. The molecule has 0 bridgehead atoms. The highest BCUT2D eigenvalue weighted by Crippen LogP contribution is 2.35. The monoisotopic (exact) mass is 749 g/mol. The van der Waals surface area contributed by atoms with Crippen LogP contribution in [0.3, 0.4) is 0 Å². The molecule has 2 heterocycles. The van der Waals surface area contributed by atoms with Gasteiger partial charge in [-0.3, -0.25) is 20.4 Å². The number of guanidine groups is 1. The first-order valence-corrected chi connectivity index (χ1v) is 20.6. The fourth-order valence-electron chi connectivity index (χ4n) is 8.74. The van der Waals surface area contributed by atoms with Crippen molar-refractivity contribution in [2.45, 2.75) is 128 Å². The number of fused-ring (bicyclic) bond motifs is 1. The van der Waals surface area contributed by atoms with E-state index in [9.17, 15) is 24.0 Å². The number of β-lactam (4-membered cyclic amide) rings is 1. The van der Waals surface area contributed by atoms with Crippen LogP contribution in [0.15, 0.2) is 29.3 Å². The Morgan fingerprint density at radius 1 is 0.704 bits per heavy atom. The van der Waals surface area contributed by atoms with Crippen molar-refractivity contribution in [3.05, 3.63) is 35.4 Å². The molecule has 296 valence electrons. The number of benzene rings is 1. The molecule has 5 amide bonds. The van der Waals surface area contributed by atoms with Crippen molar-refractivity contribution in [1.82, 2.24) is 20.4 Å². The van der Waals surface area contributed by atoms with E-state index >= 15 is 0 Å². The number of esters is 1. The van der Waals surface area contributed by atoms with Crippen LogP contribution in [0, 0.1) is 23.7 Å². The zero-order valence-electron chi connectivity index (χ0n) is 31.8. The maximum Gasteiger partial charge on any atom is 0.413 e. The van der Waals surface area contributed by atoms with E-state index in [2.05, 4.69) is 15.6 Å². The number of hydrogen-bond donors (Lipinski definition) is 2. The second-order valence-electron chi connectivity index (χ2n) is 15.9. The van der Waals surface area contributed by atoms with Gasteiger partial charge < -0.3 is 19.1 Å². The van der Waals surface area contributed by atoms with Crippen LogP contribution in [0.2, 0.25) is 0 Å². The van der Waals surface area contributed by atoms with E-state index in [1.165, 1.54) is 24.8 Å². The molecule has 1 saturated heterocycles. The van der Waals surface area contributed by atoms with Crippen LogP contribution in [0.5, 0.6) is 0 Å². The number of amides is 5. The lowest BCUT2D eigenvalue weighted by molar-refractivity contribution is -0.171. The van der Waals surface area contributed by atoms with Gasteiger partial charge in [0.1, 0.15) is 0 Å². The van der Waals surface area contributed by atoms with Gasteiger partial charge in [-0.2, -0.15) is 0 Å². The van der Waals surface area contributed by atoms with E-state index in [1.54, 1.807) is 4.90 Å². The molecule has 0 aromatic heterocycles. The van der Waals surface area contributed by atoms with E-state index in [-0.39, 0.29) is 31.4 Å². The lowest BCUT2D eigenvalue weighted by Gasteiger charge is -2.46. The zero-order chi connectivity index (χ0) is 37.7. The van der Waals surface area contributed by atoms with Crippen LogP contribution in [0.1, 0.15) is 120 Å². The molecule has 13 heteroatoms. The Kier molecular flexibility index (Phi) is 14.6. The minimum atomic E-state index is -1.02. The summed E-state index contributed by atoms with van der Waals surface area (Å²) in [5, 5.41) is 5.14. The number of likely N-dealkylation sites (tertiary alicyclic amines) is 1. The molecular formula is C41H59N5O8. The summed E-state index contributed by atoms with van der Waals surface area (Å²) in [6.45, 7) is 1.84. The molecule has 0 spiro atoms. The number of nitrogens with one attached hydrogen (secondary N) is 2. The van der Waals surface area contributed by atoms with Gasteiger partial charge in [0.25, 0.3) is 0 Å². The van der Waals surface area contributed by atoms with Crippen molar-refractivity contribution in [3.63, 3.8) is 0 Å². The number of imide groups is 1. The summed E-state index contributed by atoms with van der Waals surface area (Å²) >= 11 is 0. The Morgan fingerprint density at radius 2 is 1.22 bits per heavy atom. The van der Waals surface area contributed by atoms with Crippen molar-refractivity contribution in [3.8, 4) is 0 Å². The third kappa shape index (κ3) is 11.0. The van der Waals surface area contributed by atoms with Gasteiger partial charge in [-0.15, -0.1) is 0 Å². The maximum absolute atomic E-state index is 13.8.